The maximum atomic E-state index is 5.80. The fourth-order valence-corrected chi connectivity index (χ4v) is 1.42. The van der Waals surface area contributed by atoms with E-state index in [1.807, 2.05) is 19.1 Å². The maximum Gasteiger partial charge on any atom is 0.144 e. The van der Waals surface area contributed by atoms with E-state index in [2.05, 4.69) is 5.32 Å². The molecule has 64 valence electrons. The lowest BCUT2D eigenvalue weighted by atomic mass is 10.1. The van der Waals surface area contributed by atoms with Crippen LogP contribution in [0.4, 0.5) is 11.4 Å². The van der Waals surface area contributed by atoms with Gasteiger partial charge in [0.1, 0.15) is 18.0 Å². The Morgan fingerprint density at radius 1 is 1.50 bits per heavy atom. The lowest BCUT2D eigenvalue weighted by molar-refractivity contribution is 0.323. The summed E-state index contributed by atoms with van der Waals surface area (Å²) in [5, 5.41) is 3.21. The van der Waals surface area contributed by atoms with Crippen molar-refractivity contribution in [3.63, 3.8) is 0 Å². The van der Waals surface area contributed by atoms with Crippen LogP contribution in [-0.2, 0) is 0 Å². The number of benzene rings is 1. The van der Waals surface area contributed by atoms with Gasteiger partial charge >= 0.3 is 0 Å². The fourth-order valence-electron chi connectivity index (χ4n) is 1.42. The maximum absolute atomic E-state index is 5.80. The van der Waals surface area contributed by atoms with Crippen LogP contribution in [0, 0.1) is 6.92 Å². The number of rotatable bonds is 0. The van der Waals surface area contributed by atoms with Gasteiger partial charge in [0.05, 0.1) is 5.69 Å². The van der Waals surface area contributed by atoms with Crippen molar-refractivity contribution in [1.82, 2.24) is 0 Å². The summed E-state index contributed by atoms with van der Waals surface area (Å²) >= 11 is 0. The van der Waals surface area contributed by atoms with Gasteiger partial charge in [-0.2, -0.15) is 0 Å². The molecule has 3 heteroatoms. The third-order valence-corrected chi connectivity index (χ3v) is 1.94. The molecule has 1 aromatic rings. The predicted molar refractivity (Wildman–Crippen MR) is 49.6 cm³/mol. The van der Waals surface area contributed by atoms with Crippen LogP contribution >= 0.6 is 0 Å². The number of hydrogen-bond acceptors (Lipinski definition) is 3. The summed E-state index contributed by atoms with van der Waals surface area (Å²) in [5.74, 6) is 0.874. The molecule has 0 spiro atoms. The number of hydrogen-bond donors (Lipinski definition) is 2. The molecule has 12 heavy (non-hydrogen) atoms. The van der Waals surface area contributed by atoms with Crippen molar-refractivity contribution in [2.75, 3.05) is 24.2 Å². The van der Waals surface area contributed by atoms with Crippen molar-refractivity contribution in [3.05, 3.63) is 17.7 Å². The van der Waals surface area contributed by atoms with Gasteiger partial charge in [-0.3, -0.25) is 0 Å². The molecule has 2 rings (SSSR count). The zero-order chi connectivity index (χ0) is 8.55. The predicted octanol–water partition coefficient (Wildman–Crippen LogP) is 1.38. The number of nitrogens with two attached hydrogens (primary N) is 1. The SMILES string of the molecule is Cc1cc(N)c2c(c1)OCCN2. The Hall–Kier alpha value is -1.38. The molecule has 1 aliphatic rings. The summed E-state index contributed by atoms with van der Waals surface area (Å²) in [7, 11) is 0. The molecule has 0 unspecified atom stereocenters. The number of aryl methyl sites for hydroxylation is 1. The van der Waals surface area contributed by atoms with Crippen LogP contribution in [0.1, 0.15) is 5.56 Å². The van der Waals surface area contributed by atoms with Gasteiger partial charge in [0, 0.05) is 6.54 Å². The van der Waals surface area contributed by atoms with Gasteiger partial charge in [0.2, 0.25) is 0 Å². The molecule has 0 aliphatic carbocycles. The molecule has 0 atom stereocenters. The molecule has 0 bridgehead atoms. The topological polar surface area (TPSA) is 47.3 Å². The zero-order valence-electron chi connectivity index (χ0n) is 7.05. The van der Waals surface area contributed by atoms with Gasteiger partial charge in [-0.15, -0.1) is 0 Å². The number of ether oxygens (including phenoxy) is 1. The highest BCUT2D eigenvalue weighted by atomic mass is 16.5. The van der Waals surface area contributed by atoms with Crippen molar-refractivity contribution >= 4 is 11.4 Å². The van der Waals surface area contributed by atoms with E-state index in [1.165, 1.54) is 0 Å². The van der Waals surface area contributed by atoms with E-state index in [9.17, 15) is 0 Å². The minimum Gasteiger partial charge on any atom is -0.489 e. The summed E-state index contributed by atoms with van der Waals surface area (Å²) in [5.41, 5.74) is 8.64. The summed E-state index contributed by atoms with van der Waals surface area (Å²) in [4.78, 5) is 0. The van der Waals surface area contributed by atoms with Gasteiger partial charge in [-0.05, 0) is 24.6 Å². The second-order valence-corrected chi connectivity index (χ2v) is 3.00. The van der Waals surface area contributed by atoms with E-state index in [-0.39, 0.29) is 0 Å². The first-order chi connectivity index (χ1) is 5.77. The molecule has 0 radical (unpaired) electrons. The standard InChI is InChI=1S/C9H12N2O/c1-6-4-7(10)9-8(5-6)12-3-2-11-9/h4-5,11H,2-3,10H2,1H3. The first-order valence-corrected chi connectivity index (χ1v) is 4.04. The first-order valence-electron chi connectivity index (χ1n) is 4.04. The first kappa shape index (κ1) is 7.28. The van der Waals surface area contributed by atoms with Crippen molar-refractivity contribution in [2.45, 2.75) is 6.92 Å². The van der Waals surface area contributed by atoms with Gasteiger partial charge in [0.15, 0.2) is 0 Å². The second-order valence-electron chi connectivity index (χ2n) is 3.00. The molecule has 0 aromatic heterocycles. The Labute approximate surface area is 71.5 Å². The normalized spacial score (nSPS) is 14.4. The third kappa shape index (κ3) is 1.07. The molecule has 1 aromatic carbocycles. The molecule has 0 saturated heterocycles. The Balaban J connectivity index is 2.53. The smallest absolute Gasteiger partial charge is 0.144 e. The molecule has 0 fully saturated rings. The highest BCUT2D eigenvalue weighted by molar-refractivity contribution is 5.75. The van der Waals surface area contributed by atoms with E-state index < -0.39 is 0 Å². The quantitative estimate of drug-likeness (QED) is 0.569. The van der Waals surface area contributed by atoms with Gasteiger partial charge in [0.25, 0.3) is 0 Å². The zero-order valence-corrected chi connectivity index (χ0v) is 7.05. The Bertz CT molecular complexity index is 310. The summed E-state index contributed by atoms with van der Waals surface area (Å²) in [6.45, 7) is 3.56. The largest absolute Gasteiger partial charge is 0.489 e. The van der Waals surface area contributed by atoms with Crippen LogP contribution < -0.4 is 15.8 Å². The third-order valence-electron chi connectivity index (χ3n) is 1.94. The molecule has 0 amide bonds. The van der Waals surface area contributed by atoms with Crippen LogP contribution in [-0.4, -0.2) is 13.2 Å². The van der Waals surface area contributed by atoms with Crippen molar-refractivity contribution < 1.29 is 4.74 Å². The number of nitrogens with one attached hydrogen (secondary N) is 1. The number of anilines is 2. The van der Waals surface area contributed by atoms with Crippen LogP contribution in [0.2, 0.25) is 0 Å². The molecule has 1 aliphatic heterocycles. The molecular weight excluding hydrogens is 152 g/mol. The average Bonchev–Trinajstić information content (AvgIpc) is 2.04. The second kappa shape index (κ2) is 2.59. The van der Waals surface area contributed by atoms with Gasteiger partial charge in [-0.1, -0.05) is 0 Å². The van der Waals surface area contributed by atoms with E-state index in [0.29, 0.717) is 0 Å². The van der Waals surface area contributed by atoms with Crippen molar-refractivity contribution in [3.8, 4) is 5.75 Å². The molecule has 0 saturated carbocycles. The molecule has 1 heterocycles. The Morgan fingerprint density at radius 2 is 2.33 bits per heavy atom. The minimum absolute atomic E-state index is 0.718. The monoisotopic (exact) mass is 164 g/mol. The van der Waals surface area contributed by atoms with Crippen LogP contribution in [0.15, 0.2) is 12.1 Å². The lowest BCUT2D eigenvalue weighted by Crippen LogP contribution is -2.19. The highest BCUT2D eigenvalue weighted by Crippen LogP contribution is 2.33. The molecular formula is C9H12N2O. The highest BCUT2D eigenvalue weighted by Gasteiger charge is 2.12. The van der Waals surface area contributed by atoms with Crippen LogP contribution in [0.3, 0.4) is 0 Å². The molecule has 3 nitrogen and oxygen atoms in total. The van der Waals surface area contributed by atoms with E-state index >= 15 is 0 Å². The molecule has 3 N–H and O–H groups in total. The Morgan fingerprint density at radius 3 is 3.17 bits per heavy atom. The van der Waals surface area contributed by atoms with Crippen molar-refractivity contribution in [2.24, 2.45) is 0 Å². The van der Waals surface area contributed by atoms with Gasteiger partial charge < -0.3 is 15.8 Å². The van der Waals surface area contributed by atoms with Crippen molar-refractivity contribution in [1.29, 1.82) is 0 Å². The average molecular weight is 164 g/mol. The fraction of sp³-hybridized carbons (Fsp3) is 0.333. The lowest BCUT2D eigenvalue weighted by Gasteiger charge is -2.20. The van der Waals surface area contributed by atoms with Gasteiger partial charge in [-0.25, -0.2) is 0 Å². The van der Waals surface area contributed by atoms with E-state index in [4.69, 9.17) is 10.5 Å². The van der Waals surface area contributed by atoms with Crippen LogP contribution in [0.5, 0.6) is 5.75 Å². The summed E-state index contributed by atoms with van der Waals surface area (Å²) in [6.07, 6.45) is 0. The Kier molecular flexibility index (Phi) is 1.57. The summed E-state index contributed by atoms with van der Waals surface area (Å²) < 4.78 is 5.44. The minimum atomic E-state index is 0.718. The van der Waals surface area contributed by atoms with E-state index in [1.54, 1.807) is 0 Å². The number of nitrogen functional groups attached to an aromatic ring is 1. The number of fused-ring (bicyclic) bond motifs is 1. The summed E-state index contributed by atoms with van der Waals surface area (Å²) in [6, 6.07) is 3.94. The van der Waals surface area contributed by atoms with Crippen LogP contribution in [0.25, 0.3) is 0 Å². The van der Waals surface area contributed by atoms with E-state index in [0.717, 1.165) is 35.8 Å².